The number of carbonyl (C=O) groups is 1. The number of nitrogens with one attached hydrogen (secondary N) is 1. The van der Waals surface area contributed by atoms with Gasteiger partial charge in [0.15, 0.2) is 0 Å². The molecule has 1 aromatic heterocycles. The normalized spacial score (nSPS) is 10.5. The van der Waals surface area contributed by atoms with Crippen molar-refractivity contribution in [3.63, 3.8) is 0 Å². The molecule has 13 heavy (non-hydrogen) atoms. The maximum atomic E-state index is 11.6. The summed E-state index contributed by atoms with van der Waals surface area (Å²) in [5, 5.41) is 3.60. The zero-order chi connectivity index (χ0) is 9.84. The molecule has 1 N–H and O–H groups in total. The van der Waals surface area contributed by atoms with E-state index in [0.717, 1.165) is 16.9 Å². The molecule has 0 aliphatic carbocycles. The number of hydrogen-bond donors (Lipinski definition) is 1. The van der Waals surface area contributed by atoms with Gasteiger partial charge >= 0.3 is 0 Å². The minimum atomic E-state index is -0.0168. The van der Waals surface area contributed by atoms with Crippen LogP contribution in [0.25, 0.3) is 0 Å². The monoisotopic (exact) mass is 198 g/mol. The van der Waals surface area contributed by atoms with Crippen LogP contribution in [0.15, 0.2) is 11.4 Å². The molecule has 72 valence electrons. The summed E-state index contributed by atoms with van der Waals surface area (Å²) >= 11 is 1.49. The van der Waals surface area contributed by atoms with Gasteiger partial charge in [0.05, 0.1) is 4.88 Å². The summed E-state index contributed by atoms with van der Waals surface area (Å²) in [4.78, 5) is 12.4. The fourth-order valence-corrected chi connectivity index (χ4v) is 1.95. The first-order chi connectivity index (χ1) is 6.15. The van der Waals surface area contributed by atoms with Gasteiger partial charge in [-0.1, -0.05) is 6.92 Å². The minimum Gasteiger partial charge on any atom is -0.285 e. The van der Waals surface area contributed by atoms with Crippen LogP contribution in [0.3, 0.4) is 0 Å². The molecule has 0 unspecified atom stereocenters. The van der Waals surface area contributed by atoms with E-state index in [1.807, 2.05) is 11.4 Å². The average Bonchev–Trinajstić information content (AvgIpc) is 2.49. The number of rotatable bonds is 3. The molecule has 1 heterocycles. The highest BCUT2D eigenvalue weighted by atomic mass is 32.1. The van der Waals surface area contributed by atoms with E-state index in [9.17, 15) is 4.79 Å². The lowest BCUT2D eigenvalue weighted by atomic mass is 10.2. The third-order valence-corrected chi connectivity index (χ3v) is 2.61. The standard InChI is InChI=1S/C9H14N2OS/c1-4-7-5-6-13-8(7)9(12)10-11(2)3/h5-6H,4H2,1-3H3,(H,10,12). The van der Waals surface area contributed by atoms with Crippen molar-refractivity contribution in [2.75, 3.05) is 14.1 Å². The molecule has 0 aromatic carbocycles. The summed E-state index contributed by atoms with van der Waals surface area (Å²) in [7, 11) is 3.61. The Balaban J connectivity index is 2.76. The first kappa shape index (κ1) is 10.2. The van der Waals surface area contributed by atoms with Crippen LogP contribution >= 0.6 is 11.3 Å². The Morgan fingerprint density at radius 2 is 2.31 bits per heavy atom. The lowest BCUT2D eigenvalue weighted by Crippen LogP contribution is -2.36. The Morgan fingerprint density at radius 3 is 2.85 bits per heavy atom. The van der Waals surface area contributed by atoms with E-state index in [2.05, 4.69) is 12.3 Å². The molecule has 0 saturated carbocycles. The number of aryl methyl sites for hydroxylation is 1. The van der Waals surface area contributed by atoms with Crippen LogP contribution in [0, 0.1) is 0 Å². The first-order valence-electron chi connectivity index (χ1n) is 4.19. The van der Waals surface area contributed by atoms with E-state index in [1.54, 1.807) is 19.1 Å². The summed E-state index contributed by atoms with van der Waals surface area (Å²) < 4.78 is 0. The molecule has 0 bridgehead atoms. The van der Waals surface area contributed by atoms with Gasteiger partial charge in [-0.2, -0.15) is 0 Å². The Bertz CT molecular complexity index is 294. The molecule has 0 aliphatic heterocycles. The molecule has 4 heteroatoms. The van der Waals surface area contributed by atoms with Crippen molar-refractivity contribution in [3.8, 4) is 0 Å². The second-order valence-corrected chi connectivity index (χ2v) is 3.88. The highest BCUT2D eigenvalue weighted by Gasteiger charge is 2.11. The highest BCUT2D eigenvalue weighted by Crippen LogP contribution is 2.16. The largest absolute Gasteiger partial charge is 0.285 e. The minimum absolute atomic E-state index is 0.0168. The van der Waals surface area contributed by atoms with Gasteiger partial charge in [0.2, 0.25) is 0 Å². The molecule has 0 saturated heterocycles. The third-order valence-electron chi connectivity index (χ3n) is 1.66. The van der Waals surface area contributed by atoms with Gasteiger partial charge in [0.25, 0.3) is 5.91 Å². The molecular formula is C9H14N2OS. The van der Waals surface area contributed by atoms with E-state index >= 15 is 0 Å². The van der Waals surface area contributed by atoms with Gasteiger partial charge in [-0.05, 0) is 23.4 Å². The van der Waals surface area contributed by atoms with Crippen molar-refractivity contribution in [2.24, 2.45) is 0 Å². The summed E-state index contributed by atoms with van der Waals surface area (Å²) in [5.74, 6) is -0.0168. The quantitative estimate of drug-likeness (QED) is 0.747. The molecule has 1 rings (SSSR count). The van der Waals surface area contributed by atoms with Crippen molar-refractivity contribution >= 4 is 17.2 Å². The zero-order valence-corrected chi connectivity index (χ0v) is 8.94. The SMILES string of the molecule is CCc1ccsc1C(=O)NN(C)C. The zero-order valence-electron chi connectivity index (χ0n) is 8.13. The number of thiophene rings is 1. The highest BCUT2D eigenvalue weighted by molar-refractivity contribution is 7.12. The van der Waals surface area contributed by atoms with E-state index in [1.165, 1.54) is 11.3 Å². The van der Waals surface area contributed by atoms with E-state index in [0.29, 0.717) is 0 Å². The van der Waals surface area contributed by atoms with E-state index in [-0.39, 0.29) is 5.91 Å². The Hall–Kier alpha value is -0.870. The van der Waals surface area contributed by atoms with Crippen molar-refractivity contribution in [1.29, 1.82) is 0 Å². The van der Waals surface area contributed by atoms with Crippen LogP contribution in [0.4, 0.5) is 0 Å². The third kappa shape index (κ3) is 2.54. The number of carbonyl (C=O) groups excluding carboxylic acids is 1. The lowest BCUT2D eigenvalue weighted by molar-refractivity contribution is 0.0860. The van der Waals surface area contributed by atoms with Crippen LogP contribution in [0.2, 0.25) is 0 Å². The van der Waals surface area contributed by atoms with Gasteiger partial charge in [-0.3, -0.25) is 10.2 Å². The molecule has 0 atom stereocenters. The average molecular weight is 198 g/mol. The molecule has 0 radical (unpaired) electrons. The second kappa shape index (κ2) is 4.39. The summed E-state index contributed by atoms with van der Waals surface area (Å²) in [6.45, 7) is 2.05. The number of amides is 1. The van der Waals surface area contributed by atoms with Crippen molar-refractivity contribution in [1.82, 2.24) is 10.4 Å². The van der Waals surface area contributed by atoms with E-state index < -0.39 is 0 Å². The fourth-order valence-electron chi connectivity index (χ4n) is 1.07. The maximum absolute atomic E-state index is 11.6. The predicted molar refractivity (Wildman–Crippen MR) is 54.9 cm³/mol. The predicted octanol–water partition coefficient (Wildman–Crippen LogP) is 1.52. The summed E-state index contributed by atoms with van der Waals surface area (Å²) in [6.07, 6.45) is 0.902. The van der Waals surface area contributed by atoms with Crippen molar-refractivity contribution in [3.05, 3.63) is 21.9 Å². The molecule has 0 spiro atoms. The first-order valence-corrected chi connectivity index (χ1v) is 5.07. The smallest absolute Gasteiger partial charge is 0.275 e. The van der Waals surface area contributed by atoms with Gasteiger partial charge in [0.1, 0.15) is 0 Å². The molecule has 0 fully saturated rings. The van der Waals surface area contributed by atoms with Crippen LogP contribution < -0.4 is 5.43 Å². The van der Waals surface area contributed by atoms with Crippen molar-refractivity contribution < 1.29 is 4.79 Å². The Morgan fingerprint density at radius 1 is 1.62 bits per heavy atom. The maximum Gasteiger partial charge on any atom is 0.275 e. The van der Waals surface area contributed by atoms with Crippen LogP contribution in [-0.4, -0.2) is 25.0 Å². The number of nitrogens with zero attached hydrogens (tertiary/aromatic N) is 1. The van der Waals surface area contributed by atoms with Crippen molar-refractivity contribution in [2.45, 2.75) is 13.3 Å². The second-order valence-electron chi connectivity index (χ2n) is 2.96. The van der Waals surface area contributed by atoms with Gasteiger partial charge in [-0.15, -0.1) is 11.3 Å². The molecule has 1 aromatic rings. The molecule has 0 aliphatic rings. The van der Waals surface area contributed by atoms with Crippen LogP contribution in [0.5, 0.6) is 0 Å². The Labute approximate surface area is 82.3 Å². The number of hydrogen-bond acceptors (Lipinski definition) is 3. The summed E-state index contributed by atoms with van der Waals surface area (Å²) in [5.41, 5.74) is 3.84. The topological polar surface area (TPSA) is 32.3 Å². The van der Waals surface area contributed by atoms with E-state index in [4.69, 9.17) is 0 Å². The van der Waals surface area contributed by atoms with Gasteiger partial charge in [0, 0.05) is 14.1 Å². The lowest BCUT2D eigenvalue weighted by Gasteiger charge is -2.11. The van der Waals surface area contributed by atoms with Crippen LogP contribution in [-0.2, 0) is 6.42 Å². The van der Waals surface area contributed by atoms with Gasteiger partial charge < -0.3 is 0 Å². The van der Waals surface area contributed by atoms with Gasteiger partial charge in [-0.25, -0.2) is 5.01 Å². The Kier molecular flexibility index (Phi) is 3.45. The fraction of sp³-hybridized carbons (Fsp3) is 0.444. The molecular weight excluding hydrogens is 184 g/mol. The number of hydrazine groups is 1. The molecule has 1 amide bonds. The summed E-state index contributed by atoms with van der Waals surface area (Å²) in [6, 6.07) is 2.00. The van der Waals surface area contributed by atoms with Crippen LogP contribution in [0.1, 0.15) is 22.2 Å². The molecule has 3 nitrogen and oxygen atoms in total.